The van der Waals surface area contributed by atoms with Gasteiger partial charge in [-0.3, -0.25) is 14.3 Å². The van der Waals surface area contributed by atoms with Gasteiger partial charge in [-0.25, -0.2) is 4.98 Å². The predicted molar refractivity (Wildman–Crippen MR) is 82.8 cm³/mol. The van der Waals surface area contributed by atoms with Gasteiger partial charge in [0.15, 0.2) is 17.4 Å². The first kappa shape index (κ1) is 16.2. The Morgan fingerprint density at radius 1 is 1.61 bits per heavy atom. The summed E-state index contributed by atoms with van der Waals surface area (Å²) in [6, 6.07) is 0. The molecule has 3 heterocycles. The van der Waals surface area contributed by atoms with Gasteiger partial charge in [-0.05, 0) is 6.26 Å². The van der Waals surface area contributed by atoms with Crippen LogP contribution >= 0.6 is 11.8 Å². The van der Waals surface area contributed by atoms with Crippen LogP contribution in [0.15, 0.2) is 11.1 Å². The van der Waals surface area contributed by atoms with Crippen LogP contribution in [-0.4, -0.2) is 66.8 Å². The molecular formula is C12H17N5O5S. The summed E-state index contributed by atoms with van der Waals surface area (Å²) in [4.78, 5) is 22.3. The monoisotopic (exact) mass is 343 g/mol. The highest BCUT2D eigenvalue weighted by Crippen LogP contribution is 2.33. The SMILES string of the molecule is CSCO[C@H]1[C@@H](O)[C@@H](CO)O[C@H]1n1cnc2c(=O)[nH]c(N)nc21. The second-order valence-electron chi connectivity index (χ2n) is 5.05. The van der Waals surface area contributed by atoms with Gasteiger partial charge in [0.1, 0.15) is 18.3 Å². The van der Waals surface area contributed by atoms with Crippen molar-refractivity contribution in [2.24, 2.45) is 0 Å². The number of nitrogens with two attached hydrogens (primary N) is 1. The number of nitrogens with one attached hydrogen (secondary N) is 1. The summed E-state index contributed by atoms with van der Waals surface area (Å²) in [5.74, 6) is 0.283. The van der Waals surface area contributed by atoms with E-state index in [1.165, 1.54) is 22.7 Å². The van der Waals surface area contributed by atoms with Gasteiger partial charge in [-0.2, -0.15) is 4.98 Å². The Hall–Kier alpha value is -1.66. The summed E-state index contributed by atoms with van der Waals surface area (Å²) in [6.07, 6.45) is -0.112. The van der Waals surface area contributed by atoms with E-state index >= 15 is 0 Å². The number of thioether (sulfide) groups is 1. The summed E-state index contributed by atoms with van der Waals surface area (Å²) in [5, 5.41) is 19.6. The molecule has 11 heteroatoms. The molecule has 1 aliphatic rings. The highest BCUT2D eigenvalue weighted by Gasteiger charge is 2.45. The topological polar surface area (TPSA) is 149 Å². The number of rotatable bonds is 5. The lowest BCUT2D eigenvalue weighted by Crippen LogP contribution is -2.35. The predicted octanol–water partition coefficient (Wildman–Crippen LogP) is -1.34. The largest absolute Gasteiger partial charge is 0.394 e. The van der Waals surface area contributed by atoms with E-state index in [0.717, 1.165) is 0 Å². The number of aliphatic hydroxyl groups excluding tert-OH is 2. The van der Waals surface area contributed by atoms with Crippen molar-refractivity contribution in [1.82, 2.24) is 19.5 Å². The lowest BCUT2D eigenvalue weighted by molar-refractivity contribution is -0.0607. The van der Waals surface area contributed by atoms with E-state index in [1.54, 1.807) is 0 Å². The van der Waals surface area contributed by atoms with Crippen LogP contribution in [-0.2, 0) is 9.47 Å². The van der Waals surface area contributed by atoms with Gasteiger partial charge in [0.25, 0.3) is 5.56 Å². The first-order valence-corrected chi connectivity index (χ1v) is 8.23. The molecule has 0 saturated carbocycles. The molecule has 4 atom stereocenters. The third-order valence-corrected chi connectivity index (χ3v) is 3.97. The van der Waals surface area contributed by atoms with E-state index in [4.69, 9.17) is 15.2 Å². The lowest BCUT2D eigenvalue weighted by atomic mass is 10.1. The standard InChI is InChI=1S/C12H17N5O5S/c1-23-4-21-8-7(19)5(2-18)22-11(8)17-3-14-6-9(17)15-12(13)16-10(6)20/h3,5,7-8,11,18-19H,2,4H2,1H3,(H3,13,15,16,20)/t5-,7+,8+,11-/m1/s1. The Kier molecular flexibility index (Phi) is 4.55. The van der Waals surface area contributed by atoms with Crippen LogP contribution in [0.5, 0.6) is 0 Å². The minimum absolute atomic E-state index is 0.0527. The Labute approximate surface area is 134 Å². The van der Waals surface area contributed by atoms with Crippen molar-refractivity contribution in [3.8, 4) is 0 Å². The maximum atomic E-state index is 11.8. The van der Waals surface area contributed by atoms with Crippen molar-refractivity contribution in [2.45, 2.75) is 24.5 Å². The molecule has 10 nitrogen and oxygen atoms in total. The number of anilines is 1. The minimum atomic E-state index is -1.02. The second kappa shape index (κ2) is 6.45. The molecule has 0 unspecified atom stereocenters. The van der Waals surface area contributed by atoms with Crippen LogP contribution in [0.25, 0.3) is 11.2 Å². The van der Waals surface area contributed by atoms with Crippen LogP contribution in [0, 0.1) is 0 Å². The zero-order chi connectivity index (χ0) is 16.6. The van der Waals surface area contributed by atoms with Gasteiger partial charge >= 0.3 is 0 Å². The molecule has 126 valence electrons. The Bertz CT molecular complexity index is 749. The van der Waals surface area contributed by atoms with Gasteiger partial charge < -0.3 is 25.4 Å². The number of hydrogen-bond donors (Lipinski definition) is 4. The highest BCUT2D eigenvalue weighted by molar-refractivity contribution is 7.98. The molecule has 0 amide bonds. The Morgan fingerprint density at radius 3 is 3.09 bits per heavy atom. The number of H-pyrrole nitrogens is 1. The van der Waals surface area contributed by atoms with E-state index in [0.29, 0.717) is 5.94 Å². The fraction of sp³-hybridized carbons (Fsp3) is 0.583. The van der Waals surface area contributed by atoms with Gasteiger partial charge in [0.05, 0.1) is 18.9 Å². The fourth-order valence-corrected chi connectivity index (χ4v) is 2.84. The Balaban J connectivity index is 2.03. The summed E-state index contributed by atoms with van der Waals surface area (Å²) in [6.45, 7) is -0.362. The number of fused-ring (bicyclic) bond motifs is 1. The number of aliphatic hydroxyl groups is 2. The molecule has 0 aliphatic carbocycles. The normalized spacial score (nSPS) is 27.8. The van der Waals surface area contributed by atoms with Crippen LogP contribution in [0.4, 0.5) is 5.95 Å². The molecule has 5 N–H and O–H groups in total. The van der Waals surface area contributed by atoms with Crippen molar-refractivity contribution in [3.63, 3.8) is 0 Å². The van der Waals surface area contributed by atoms with Crippen LogP contribution < -0.4 is 11.3 Å². The third kappa shape index (κ3) is 2.81. The number of nitrogens with zero attached hydrogens (tertiary/aromatic N) is 3. The maximum absolute atomic E-state index is 11.8. The molecule has 0 aromatic carbocycles. The van der Waals surface area contributed by atoms with Gasteiger partial charge in [-0.15, -0.1) is 11.8 Å². The van der Waals surface area contributed by atoms with Crippen LogP contribution in [0.3, 0.4) is 0 Å². The number of imidazole rings is 1. The molecule has 0 bridgehead atoms. The molecule has 2 aromatic rings. The van der Waals surface area contributed by atoms with Crippen molar-refractivity contribution < 1.29 is 19.7 Å². The van der Waals surface area contributed by atoms with Crippen molar-refractivity contribution in [3.05, 3.63) is 16.7 Å². The van der Waals surface area contributed by atoms with Crippen molar-refractivity contribution >= 4 is 28.9 Å². The summed E-state index contributed by atoms with van der Waals surface area (Å²) in [7, 11) is 0. The number of nitrogen functional groups attached to an aromatic ring is 1. The molecule has 0 radical (unpaired) electrons. The average molecular weight is 343 g/mol. The first-order valence-electron chi connectivity index (χ1n) is 6.84. The zero-order valence-corrected chi connectivity index (χ0v) is 13.1. The smallest absolute Gasteiger partial charge is 0.280 e. The van der Waals surface area contributed by atoms with Gasteiger partial charge in [-0.1, -0.05) is 0 Å². The summed E-state index contributed by atoms with van der Waals surface area (Å²) >= 11 is 1.44. The molecule has 2 aromatic heterocycles. The molecule has 1 fully saturated rings. The third-order valence-electron chi connectivity index (χ3n) is 3.60. The van der Waals surface area contributed by atoms with Crippen molar-refractivity contribution in [2.75, 3.05) is 24.5 Å². The molecule has 3 rings (SSSR count). The van der Waals surface area contributed by atoms with E-state index in [9.17, 15) is 15.0 Å². The lowest BCUT2D eigenvalue weighted by Gasteiger charge is -2.21. The average Bonchev–Trinajstić information content (AvgIpc) is 3.06. The van der Waals surface area contributed by atoms with Crippen LogP contribution in [0.2, 0.25) is 0 Å². The van der Waals surface area contributed by atoms with Gasteiger partial charge in [0, 0.05) is 0 Å². The van der Waals surface area contributed by atoms with E-state index in [-0.39, 0.29) is 23.7 Å². The molecule has 1 saturated heterocycles. The van der Waals surface area contributed by atoms with Crippen molar-refractivity contribution in [1.29, 1.82) is 0 Å². The van der Waals surface area contributed by atoms with Crippen LogP contribution in [0.1, 0.15) is 6.23 Å². The number of hydrogen-bond acceptors (Lipinski definition) is 9. The number of aromatic nitrogens is 4. The second-order valence-corrected chi connectivity index (χ2v) is 5.86. The highest BCUT2D eigenvalue weighted by atomic mass is 32.2. The van der Waals surface area contributed by atoms with E-state index in [2.05, 4.69) is 15.0 Å². The van der Waals surface area contributed by atoms with E-state index < -0.39 is 30.1 Å². The molecule has 23 heavy (non-hydrogen) atoms. The quantitative estimate of drug-likeness (QED) is 0.484. The van der Waals surface area contributed by atoms with E-state index in [1.807, 2.05) is 6.26 Å². The molecular weight excluding hydrogens is 326 g/mol. The number of aromatic amines is 1. The van der Waals surface area contributed by atoms with Gasteiger partial charge in [0.2, 0.25) is 5.95 Å². The zero-order valence-electron chi connectivity index (χ0n) is 12.2. The fourth-order valence-electron chi connectivity index (χ4n) is 2.55. The molecule has 0 spiro atoms. The maximum Gasteiger partial charge on any atom is 0.280 e. The first-order chi connectivity index (χ1) is 11.1. The summed E-state index contributed by atoms with van der Waals surface area (Å²) < 4.78 is 12.8. The number of ether oxygens (including phenoxy) is 2. The Morgan fingerprint density at radius 2 is 2.39 bits per heavy atom. The molecule has 1 aliphatic heterocycles. The minimum Gasteiger partial charge on any atom is -0.394 e. The summed E-state index contributed by atoms with van der Waals surface area (Å²) in [5.41, 5.74) is 5.43.